The number of hydrogen-bond acceptors (Lipinski definition) is 4. The van der Waals surface area contributed by atoms with Gasteiger partial charge in [0.1, 0.15) is 0 Å². The lowest BCUT2D eigenvalue weighted by Gasteiger charge is -2.37. The number of amides is 1. The highest BCUT2D eigenvalue weighted by atomic mass is 16.5. The number of carbonyl (C=O) groups excluding carboxylic acids is 1. The first-order chi connectivity index (χ1) is 10.2. The lowest BCUT2D eigenvalue weighted by molar-refractivity contribution is -0.123. The summed E-state index contributed by atoms with van der Waals surface area (Å²) in [6.07, 6.45) is 7.01. The van der Waals surface area contributed by atoms with E-state index in [9.17, 15) is 4.79 Å². The first-order valence-corrected chi connectivity index (χ1v) is 8.48. The Morgan fingerprint density at radius 1 is 1.33 bits per heavy atom. The molecule has 2 aliphatic heterocycles. The van der Waals surface area contributed by atoms with E-state index in [1.54, 1.807) is 7.11 Å². The SMILES string of the molecule is CCCN(CC(=O)NCCCOC)C1CC2CCC(C1)N2. The predicted octanol–water partition coefficient (Wildman–Crippen LogP) is 1.13. The fourth-order valence-electron chi connectivity index (χ4n) is 3.69. The molecule has 2 unspecified atom stereocenters. The number of carbonyl (C=O) groups is 1. The molecule has 0 spiro atoms. The van der Waals surface area contributed by atoms with Crippen molar-refractivity contribution in [3.8, 4) is 0 Å². The van der Waals surface area contributed by atoms with Crippen LogP contribution in [0.4, 0.5) is 0 Å². The highest BCUT2D eigenvalue weighted by Gasteiger charge is 2.36. The van der Waals surface area contributed by atoms with Gasteiger partial charge in [-0.2, -0.15) is 0 Å². The molecule has 0 radical (unpaired) electrons. The number of nitrogens with zero attached hydrogens (tertiary/aromatic N) is 1. The Hall–Kier alpha value is -0.650. The Morgan fingerprint density at radius 2 is 2.05 bits per heavy atom. The minimum absolute atomic E-state index is 0.158. The first kappa shape index (κ1) is 16.7. The molecule has 122 valence electrons. The van der Waals surface area contributed by atoms with Crippen LogP contribution in [0.5, 0.6) is 0 Å². The van der Waals surface area contributed by atoms with Crippen LogP contribution in [0.1, 0.15) is 45.4 Å². The van der Waals surface area contributed by atoms with Crippen molar-refractivity contribution >= 4 is 5.91 Å². The van der Waals surface area contributed by atoms with Gasteiger partial charge in [0.05, 0.1) is 6.54 Å². The summed E-state index contributed by atoms with van der Waals surface area (Å²) >= 11 is 0. The third kappa shape index (κ3) is 5.24. The normalized spacial score (nSPS) is 28.0. The lowest BCUT2D eigenvalue weighted by atomic mass is 9.98. The molecule has 0 aromatic carbocycles. The summed E-state index contributed by atoms with van der Waals surface area (Å²) in [6.45, 7) is 5.18. The van der Waals surface area contributed by atoms with Gasteiger partial charge in [-0.1, -0.05) is 6.92 Å². The number of piperidine rings is 1. The molecule has 21 heavy (non-hydrogen) atoms. The highest BCUT2D eigenvalue weighted by Crippen LogP contribution is 2.29. The first-order valence-electron chi connectivity index (χ1n) is 8.48. The van der Waals surface area contributed by atoms with Gasteiger partial charge in [-0.3, -0.25) is 9.69 Å². The van der Waals surface area contributed by atoms with Gasteiger partial charge in [-0.25, -0.2) is 0 Å². The largest absolute Gasteiger partial charge is 0.385 e. The second-order valence-electron chi connectivity index (χ2n) is 6.43. The molecule has 5 heteroatoms. The molecule has 0 aliphatic carbocycles. The summed E-state index contributed by atoms with van der Waals surface area (Å²) < 4.78 is 5.00. The van der Waals surface area contributed by atoms with Gasteiger partial charge < -0.3 is 15.4 Å². The quantitative estimate of drug-likeness (QED) is 0.627. The van der Waals surface area contributed by atoms with E-state index in [-0.39, 0.29) is 5.91 Å². The van der Waals surface area contributed by atoms with Crippen molar-refractivity contribution in [3.63, 3.8) is 0 Å². The Balaban J connectivity index is 1.77. The summed E-state index contributed by atoms with van der Waals surface area (Å²) in [7, 11) is 1.69. The Morgan fingerprint density at radius 3 is 2.67 bits per heavy atom. The molecule has 2 atom stereocenters. The van der Waals surface area contributed by atoms with Crippen LogP contribution in [0.2, 0.25) is 0 Å². The van der Waals surface area contributed by atoms with Gasteiger partial charge in [-0.05, 0) is 45.1 Å². The molecule has 0 aromatic rings. The number of nitrogens with one attached hydrogen (secondary N) is 2. The van der Waals surface area contributed by atoms with Crippen molar-refractivity contribution < 1.29 is 9.53 Å². The number of ether oxygens (including phenoxy) is 1. The molecule has 5 nitrogen and oxygen atoms in total. The molecule has 0 aromatic heterocycles. The third-order valence-electron chi connectivity index (χ3n) is 4.67. The molecular formula is C16H31N3O2. The van der Waals surface area contributed by atoms with Crippen LogP contribution in [0.25, 0.3) is 0 Å². The van der Waals surface area contributed by atoms with Crippen molar-refractivity contribution in [3.05, 3.63) is 0 Å². The minimum atomic E-state index is 0.158. The molecule has 1 amide bonds. The molecule has 2 bridgehead atoms. The van der Waals surface area contributed by atoms with E-state index in [2.05, 4.69) is 22.5 Å². The number of methoxy groups -OCH3 is 1. The summed E-state index contributed by atoms with van der Waals surface area (Å²) in [6, 6.07) is 1.93. The van der Waals surface area contributed by atoms with E-state index >= 15 is 0 Å². The summed E-state index contributed by atoms with van der Waals surface area (Å²) in [5.74, 6) is 0.158. The monoisotopic (exact) mass is 297 g/mol. The number of fused-ring (bicyclic) bond motifs is 2. The van der Waals surface area contributed by atoms with Crippen molar-refractivity contribution in [2.45, 2.75) is 63.6 Å². The molecule has 2 heterocycles. The smallest absolute Gasteiger partial charge is 0.234 e. The van der Waals surface area contributed by atoms with Crippen LogP contribution in [-0.4, -0.2) is 62.3 Å². The summed E-state index contributed by atoms with van der Waals surface area (Å²) in [5.41, 5.74) is 0. The van der Waals surface area contributed by atoms with Crippen LogP contribution in [0.3, 0.4) is 0 Å². The van der Waals surface area contributed by atoms with Gasteiger partial charge in [0.15, 0.2) is 0 Å². The zero-order valence-electron chi connectivity index (χ0n) is 13.6. The van der Waals surface area contributed by atoms with Crippen LogP contribution < -0.4 is 10.6 Å². The number of rotatable bonds is 9. The van der Waals surface area contributed by atoms with Gasteiger partial charge >= 0.3 is 0 Å². The van der Waals surface area contributed by atoms with E-state index < -0.39 is 0 Å². The van der Waals surface area contributed by atoms with E-state index in [0.717, 1.165) is 19.4 Å². The average molecular weight is 297 g/mol. The maximum atomic E-state index is 12.1. The van der Waals surface area contributed by atoms with Gasteiger partial charge in [0.25, 0.3) is 0 Å². The van der Waals surface area contributed by atoms with Crippen molar-refractivity contribution in [1.82, 2.24) is 15.5 Å². The molecular weight excluding hydrogens is 266 g/mol. The zero-order chi connectivity index (χ0) is 15.1. The fraction of sp³-hybridized carbons (Fsp3) is 0.938. The van der Waals surface area contributed by atoms with Crippen LogP contribution in [0, 0.1) is 0 Å². The van der Waals surface area contributed by atoms with Gasteiger partial charge in [-0.15, -0.1) is 0 Å². The van der Waals surface area contributed by atoms with Crippen LogP contribution in [-0.2, 0) is 9.53 Å². The summed E-state index contributed by atoms with van der Waals surface area (Å²) in [5, 5.41) is 6.69. The minimum Gasteiger partial charge on any atom is -0.385 e. The Kier molecular flexibility index (Phi) is 6.93. The standard InChI is InChI=1S/C16H31N3O2/c1-3-8-19(12-16(20)17-7-4-9-21-2)15-10-13-5-6-14(11-15)18-13/h13-15,18H,3-12H2,1-2H3,(H,17,20). The van der Waals surface area contributed by atoms with E-state index in [1.807, 2.05) is 0 Å². The topological polar surface area (TPSA) is 53.6 Å². The molecule has 2 fully saturated rings. The molecule has 0 saturated carbocycles. The lowest BCUT2D eigenvalue weighted by Crippen LogP contribution is -2.51. The number of hydrogen-bond donors (Lipinski definition) is 2. The van der Waals surface area contributed by atoms with E-state index in [0.29, 0.717) is 37.8 Å². The maximum absolute atomic E-state index is 12.1. The van der Waals surface area contributed by atoms with E-state index in [1.165, 1.54) is 25.7 Å². The van der Waals surface area contributed by atoms with Crippen molar-refractivity contribution in [2.75, 3.05) is 33.4 Å². The third-order valence-corrected chi connectivity index (χ3v) is 4.67. The Bertz CT molecular complexity index is 313. The maximum Gasteiger partial charge on any atom is 0.234 e. The van der Waals surface area contributed by atoms with Crippen LogP contribution in [0.15, 0.2) is 0 Å². The molecule has 2 aliphatic rings. The molecule has 2 rings (SSSR count). The van der Waals surface area contributed by atoms with E-state index in [4.69, 9.17) is 4.74 Å². The van der Waals surface area contributed by atoms with Crippen molar-refractivity contribution in [1.29, 1.82) is 0 Å². The second-order valence-corrected chi connectivity index (χ2v) is 6.43. The average Bonchev–Trinajstić information content (AvgIpc) is 2.81. The zero-order valence-corrected chi connectivity index (χ0v) is 13.6. The van der Waals surface area contributed by atoms with Crippen molar-refractivity contribution in [2.24, 2.45) is 0 Å². The van der Waals surface area contributed by atoms with Gasteiger partial charge in [0.2, 0.25) is 5.91 Å². The highest BCUT2D eigenvalue weighted by molar-refractivity contribution is 5.78. The molecule has 2 N–H and O–H groups in total. The summed E-state index contributed by atoms with van der Waals surface area (Å²) in [4.78, 5) is 14.5. The van der Waals surface area contributed by atoms with Gasteiger partial charge in [0, 0.05) is 38.4 Å². The Labute approximate surface area is 128 Å². The van der Waals surface area contributed by atoms with Crippen LogP contribution >= 0.6 is 0 Å². The second kappa shape index (κ2) is 8.71. The molecule has 2 saturated heterocycles. The fourth-order valence-corrected chi connectivity index (χ4v) is 3.69. The predicted molar refractivity (Wildman–Crippen MR) is 84.3 cm³/mol.